The van der Waals surface area contributed by atoms with E-state index in [-0.39, 0.29) is 5.41 Å². The first kappa shape index (κ1) is 8.07. The molecule has 0 heterocycles. The Morgan fingerprint density at radius 2 is 2.27 bits per heavy atom. The predicted molar refractivity (Wildman–Crippen MR) is 45.8 cm³/mol. The van der Waals surface area contributed by atoms with Gasteiger partial charge >= 0.3 is 0 Å². The molecule has 1 aliphatic carbocycles. The van der Waals surface area contributed by atoms with Crippen LogP contribution in [0.1, 0.15) is 20.3 Å². The van der Waals surface area contributed by atoms with E-state index in [4.69, 9.17) is 5.26 Å². The van der Waals surface area contributed by atoms with Crippen molar-refractivity contribution < 1.29 is 0 Å². The average Bonchev–Trinajstić information content (AvgIpc) is 1.96. The number of hydrogen-bond acceptors (Lipinski definition) is 1. The zero-order valence-electron chi connectivity index (χ0n) is 7.04. The molecule has 0 bridgehead atoms. The van der Waals surface area contributed by atoms with Gasteiger partial charge in [-0.25, -0.2) is 0 Å². The Morgan fingerprint density at radius 3 is 2.82 bits per heavy atom. The first-order valence-corrected chi connectivity index (χ1v) is 3.92. The van der Waals surface area contributed by atoms with Crippen LogP contribution in [0.4, 0.5) is 0 Å². The standard InChI is InChI=1S/C10H13N/c1-9-5-3-4-6-10(9,2)7-8-11/h3-6,9H,7H2,1-2H3. The summed E-state index contributed by atoms with van der Waals surface area (Å²) >= 11 is 0. The molecule has 1 aliphatic rings. The summed E-state index contributed by atoms with van der Waals surface area (Å²) in [6.45, 7) is 4.28. The monoisotopic (exact) mass is 147 g/mol. The molecule has 0 aliphatic heterocycles. The largest absolute Gasteiger partial charge is 0.198 e. The second-order valence-electron chi connectivity index (χ2n) is 3.37. The van der Waals surface area contributed by atoms with Crippen LogP contribution >= 0.6 is 0 Å². The molecule has 1 heteroatoms. The molecular weight excluding hydrogens is 134 g/mol. The maximum absolute atomic E-state index is 8.59. The van der Waals surface area contributed by atoms with Gasteiger partial charge in [-0.2, -0.15) is 5.26 Å². The molecule has 1 rings (SSSR count). The van der Waals surface area contributed by atoms with Crippen LogP contribution < -0.4 is 0 Å². The van der Waals surface area contributed by atoms with Crippen molar-refractivity contribution in [2.45, 2.75) is 20.3 Å². The van der Waals surface area contributed by atoms with Crippen LogP contribution in [0.25, 0.3) is 0 Å². The summed E-state index contributed by atoms with van der Waals surface area (Å²) in [7, 11) is 0. The van der Waals surface area contributed by atoms with Crippen molar-refractivity contribution >= 4 is 0 Å². The molecule has 1 nitrogen and oxygen atoms in total. The second kappa shape index (κ2) is 2.92. The summed E-state index contributed by atoms with van der Waals surface area (Å²) in [5.41, 5.74) is 0.0590. The fraction of sp³-hybridized carbons (Fsp3) is 0.500. The highest BCUT2D eigenvalue weighted by Gasteiger charge is 2.27. The molecular formula is C10H13N. The maximum Gasteiger partial charge on any atom is 0.0631 e. The van der Waals surface area contributed by atoms with Crippen LogP contribution in [0.3, 0.4) is 0 Å². The molecule has 11 heavy (non-hydrogen) atoms. The molecule has 0 saturated heterocycles. The van der Waals surface area contributed by atoms with Gasteiger partial charge in [0.25, 0.3) is 0 Å². The van der Waals surface area contributed by atoms with Gasteiger partial charge in [0.1, 0.15) is 0 Å². The van der Waals surface area contributed by atoms with Crippen LogP contribution in [0.15, 0.2) is 24.3 Å². The Morgan fingerprint density at radius 1 is 1.55 bits per heavy atom. The highest BCUT2D eigenvalue weighted by molar-refractivity contribution is 5.19. The zero-order valence-corrected chi connectivity index (χ0v) is 7.04. The normalized spacial score (nSPS) is 35.2. The van der Waals surface area contributed by atoms with Crippen molar-refractivity contribution in [1.29, 1.82) is 5.26 Å². The summed E-state index contributed by atoms with van der Waals surface area (Å²) in [4.78, 5) is 0. The van der Waals surface area contributed by atoms with E-state index in [0.29, 0.717) is 12.3 Å². The molecule has 0 aromatic carbocycles. The fourth-order valence-electron chi connectivity index (χ4n) is 1.27. The molecule has 0 radical (unpaired) electrons. The van der Waals surface area contributed by atoms with Gasteiger partial charge in [-0.3, -0.25) is 0 Å². The molecule has 2 unspecified atom stereocenters. The number of rotatable bonds is 1. The Kier molecular flexibility index (Phi) is 2.14. The minimum atomic E-state index is 0.0590. The lowest BCUT2D eigenvalue weighted by atomic mass is 9.73. The third kappa shape index (κ3) is 1.51. The Balaban J connectivity index is 2.78. The summed E-state index contributed by atoms with van der Waals surface area (Å²) in [5.74, 6) is 0.479. The summed E-state index contributed by atoms with van der Waals surface area (Å²) in [6.07, 6.45) is 8.95. The molecule has 0 amide bonds. The Hall–Kier alpha value is -1.03. The molecule has 0 saturated carbocycles. The third-order valence-electron chi connectivity index (χ3n) is 2.49. The van der Waals surface area contributed by atoms with Crippen LogP contribution in [0, 0.1) is 22.7 Å². The highest BCUT2D eigenvalue weighted by Crippen LogP contribution is 2.35. The minimum Gasteiger partial charge on any atom is -0.198 e. The van der Waals surface area contributed by atoms with E-state index in [9.17, 15) is 0 Å². The molecule has 0 aromatic rings. The molecule has 58 valence electrons. The molecule has 0 spiro atoms. The fourth-order valence-corrected chi connectivity index (χ4v) is 1.27. The van der Waals surface area contributed by atoms with Gasteiger partial charge in [0, 0.05) is 11.8 Å². The van der Waals surface area contributed by atoms with Gasteiger partial charge < -0.3 is 0 Å². The van der Waals surface area contributed by atoms with E-state index in [1.54, 1.807) is 0 Å². The van der Waals surface area contributed by atoms with Gasteiger partial charge in [0.2, 0.25) is 0 Å². The summed E-state index contributed by atoms with van der Waals surface area (Å²) in [6, 6.07) is 2.22. The SMILES string of the molecule is CC1C=CC=CC1(C)CC#N. The Labute approximate surface area is 68.0 Å². The van der Waals surface area contributed by atoms with Gasteiger partial charge in [-0.15, -0.1) is 0 Å². The topological polar surface area (TPSA) is 23.8 Å². The van der Waals surface area contributed by atoms with Crippen LogP contribution in [0.2, 0.25) is 0 Å². The number of nitriles is 1. The van der Waals surface area contributed by atoms with Crippen LogP contribution in [-0.2, 0) is 0 Å². The van der Waals surface area contributed by atoms with Crippen molar-refractivity contribution in [3.63, 3.8) is 0 Å². The maximum atomic E-state index is 8.59. The van der Waals surface area contributed by atoms with E-state index < -0.39 is 0 Å². The number of allylic oxidation sites excluding steroid dienone is 4. The number of nitrogens with zero attached hydrogens (tertiary/aromatic N) is 1. The van der Waals surface area contributed by atoms with E-state index in [1.165, 1.54) is 0 Å². The zero-order chi connectivity index (χ0) is 8.32. The quantitative estimate of drug-likeness (QED) is 0.559. The minimum absolute atomic E-state index is 0.0590. The Bertz CT molecular complexity index is 232. The van der Waals surface area contributed by atoms with Crippen LogP contribution in [-0.4, -0.2) is 0 Å². The lowest BCUT2D eigenvalue weighted by Crippen LogP contribution is -2.22. The van der Waals surface area contributed by atoms with Crippen molar-refractivity contribution in [3.05, 3.63) is 24.3 Å². The van der Waals surface area contributed by atoms with Gasteiger partial charge in [0.15, 0.2) is 0 Å². The van der Waals surface area contributed by atoms with Crippen LogP contribution in [0.5, 0.6) is 0 Å². The van der Waals surface area contributed by atoms with E-state index in [1.807, 2.05) is 12.2 Å². The van der Waals surface area contributed by atoms with Crippen molar-refractivity contribution in [1.82, 2.24) is 0 Å². The van der Waals surface area contributed by atoms with Gasteiger partial charge in [0.05, 0.1) is 6.07 Å². The first-order chi connectivity index (χ1) is 5.19. The first-order valence-electron chi connectivity index (χ1n) is 3.92. The molecule has 0 N–H and O–H groups in total. The van der Waals surface area contributed by atoms with Crippen molar-refractivity contribution in [3.8, 4) is 6.07 Å². The number of hydrogen-bond donors (Lipinski definition) is 0. The summed E-state index contributed by atoms with van der Waals surface area (Å²) < 4.78 is 0. The van der Waals surface area contributed by atoms with Crippen molar-refractivity contribution in [2.75, 3.05) is 0 Å². The van der Waals surface area contributed by atoms with E-state index in [0.717, 1.165) is 0 Å². The van der Waals surface area contributed by atoms with E-state index >= 15 is 0 Å². The third-order valence-corrected chi connectivity index (χ3v) is 2.49. The van der Waals surface area contributed by atoms with Gasteiger partial charge in [-0.05, 0) is 5.92 Å². The molecule has 0 aromatic heterocycles. The second-order valence-corrected chi connectivity index (χ2v) is 3.37. The van der Waals surface area contributed by atoms with E-state index in [2.05, 4.69) is 32.1 Å². The predicted octanol–water partition coefficient (Wildman–Crippen LogP) is 2.67. The molecule has 0 fully saturated rings. The molecule has 2 atom stereocenters. The summed E-state index contributed by atoms with van der Waals surface area (Å²) in [5, 5.41) is 8.59. The average molecular weight is 147 g/mol. The lowest BCUT2D eigenvalue weighted by Gasteiger charge is -2.30. The smallest absolute Gasteiger partial charge is 0.0631 e. The van der Waals surface area contributed by atoms with Gasteiger partial charge in [-0.1, -0.05) is 38.2 Å². The van der Waals surface area contributed by atoms with Crippen molar-refractivity contribution in [2.24, 2.45) is 11.3 Å². The lowest BCUT2D eigenvalue weighted by molar-refractivity contribution is 0.333. The highest BCUT2D eigenvalue weighted by atomic mass is 14.3.